The van der Waals surface area contributed by atoms with Crippen molar-refractivity contribution in [2.75, 3.05) is 0 Å². The van der Waals surface area contributed by atoms with Crippen LogP contribution in [0.2, 0.25) is 0 Å². The molecular weight excluding hydrogens is 198 g/mol. The number of aromatic nitrogens is 1. The second-order valence-corrected chi connectivity index (χ2v) is 5.86. The van der Waals surface area contributed by atoms with E-state index >= 15 is 0 Å². The fourth-order valence-corrected chi connectivity index (χ4v) is 2.62. The summed E-state index contributed by atoms with van der Waals surface area (Å²) < 4.78 is 0. The molecule has 0 aliphatic heterocycles. The van der Waals surface area contributed by atoms with Gasteiger partial charge in [0, 0.05) is 6.20 Å². The molecule has 1 aromatic heterocycles. The zero-order chi connectivity index (χ0) is 11.8. The van der Waals surface area contributed by atoms with Gasteiger partial charge in [0.15, 0.2) is 0 Å². The number of nitrogens with zero attached hydrogens (tertiary/aromatic N) is 1. The molecule has 2 rings (SSSR count). The summed E-state index contributed by atoms with van der Waals surface area (Å²) in [4.78, 5) is 4.37. The van der Waals surface area contributed by atoms with Crippen molar-refractivity contribution in [1.82, 2.24) is 4.98 Å². The number of hydrogen-bond donors (Lipinski definition) is 1. The van der Waals surface area contributed by atoms with E-state index in [0.29, 0.717) is 5.92 Å². The summed E-state index contributed by atoms with van der Waals surface area (Å²) in [5.41, 5.74) is -0.133. The van der Waals surface area contributed by atoms with E-state index in [1.54, 1.807) is 6.20 Å². The number of aliphatic hydroxyl groups is 1. The minimum Gasteiger partial charge on any atom is -0.383 e. The summed E-state index contributed by atoms with van der Waals surface area (Å²) in [6.45, 7) is 6.29. The Morgan fingerprint density at radius 2 is 1.94 bits per heavy atom. The first-order valence-electron chi connectivity index (χ1n) is 6.10. The number of hydrogen-bond acceptors (Lipinski definition) is 2. The highest BCUT2D eigenvalue weighted by molar-refractivity contribution is 5.19. The van der Waals surface area contributed by atoms with Crippen LogP contribution < -0.4 is 0 Å². The lowest BCUT2D eigenvalue weighted by atomic mass is 9.60. The lowest BCUT2D eigenvalue weighted by Gasteiger charge is -2.49. The van der Waals surface area contributed by atoms with Crippen LogP contribution in [0, 0.1) is 11.3 Å². The molecule has 1 aliphatic rings. The van der Waals surface area contributed by atoms with Crippen LogP contribution in [-0.4, -0.2) is 10.1 Å². The zero-order valence-electron chi connectivity index (χ0n) is 10.4. The van der Waals surface area contributed by atoms with Crippen molar-refractivity contribution < 1.29 is 5.11 Å². The molecule has 0 saturated heterocycles. The summed E-state index contributed by atoms with van der Waals surface area (Å²) in [6, 6.07) is 5.80. The molecule has 16 heavy (non-hydrogen) atoms. The van der Waals surface area contributed by atoms with E-state index in [9.17, 15) is 5.11 Å². The first-order chi connectivity index (χ1) is 7.46. The van der Waals surface area contributed by atoms with Gasteiger partial charge in [-0.05, 0) is 36.3 Å². The van der Waals surface area contributed by atoms with Gasteiger partial charge in [0.05, 0.1) is 5.69 Å². The molecule has 2 nitrogen and oxygen atoms in total. The van der Waals surface area contributed by atoms with Crippen molar-refractivity contribution in [3.05, 3.63) is 30.1 Å². The third kappa shape index (κ3) is 1.65. The molecule has 0 bridgehead atoms. The fourth-order valence-electron chi connectivity index (χ4n) is 2.62. The van der Waals surface area contributed by atoms with E-state index in [4.69, 9.17) is 0 Å². The molecule has 1 fully saturated rings. The van der Waals surface area contributed by atoms with Crippen LogP contribution >= 0.6 is 0 Å². The molecule has 88 valence electrons. The molecule has 0 spiro atoms. The van der Waals surface area contributed by atoms with E-state index in [0.717, 1.165) is 18.5 Å². The maximum absolute atomic E-state index is 11.1. The van der Waals surface area contributed by atoms with Crippen LogP contribution in [0.25, 0.3) is 0 Å². The highest BCUT2D eigenvalue weighted by atomic mass is 16.3. The van der Waals surface area contributed by atoms with Crippen molar-refractivity contribution >= 4 is 0 Å². The lowest BCUT2D eigenvalue weighted by molar-refractivity contribution is -0.138. The van der Waals surface area contributed by atoms with Gasteiger partial charge in [0.25, 0.3) is 0 Å². The zero-order valence-corrected chi connectivity index (χ0v) is 10.4. The van der Waals surface area contributed by atoms with Crippen LogP contribution in [0.4, 0.5) is 0 Å². The van der Waals surface area contributed by atoms with Gasteiger partial charge in [-0.3, -0.25) is 4.98 Å². The Morgan fingerprint density at radius 3 is 2.31 bits per heavy atom. The van der Waals surface area contributed by atoms with E-state index in [2.05, 4.69) is 25.8 Å². The third-order valence-corrected chi connectivity index (χ3v) is 3.89. The van der Waals surface area contributed by atoms with Crippen LogP contribution in [0.15, 0.2) is 24.4 Å². The standard InChI is InChI=1S/C14H21NO/c1-13(2,3)14(16,11-7-6-8-11)12-9-4-5-10-15-12/h4-5,9-11,16H,6-8H2,1-3H3. The average molecular weight is 219 g/mol. The largest absolute Gasteiger partial charge is 0.383 e. The van der Waals surface area contributed by atoms with Gasteiger partial charge in [-0.25, -0.2) is 0 Å². The van der Waals surface area contributed by atoms with Crippen molar-refractivity contribution in [2.45, 2.75) is 45.6 Å². The minimum atomic E-state index is -0.785. The lowest BCUT2D eigenvalue weighted by Crippen LogP contribution is -2.49. The fraction of sp³-hybridized carbons (Fsp3) is 0.643. The Kier molecular flexibility index (Phi) is 2.79. The maximum Gasteiger partial charge on any atom is 0.114 e. The van der Waals surface area contributed by atoms with Gasteiger partial charge >= 0.3 is 0 Å². The van der Waals surface area contributed by atoms with Crippen molar-refractivity contribution in [1.29, 1.82) is 0 Å². The molecular formula is C14H21NO. The highest BCUT2D eigenvalue weighted by Gasteiger charge is 2.50. The van der Waals surface area contributed by atoms with Crippen molar-refractivity contribution in [3.8, 4) is 0 Å². The van der Waals surface area contributed by atoms with Gasteiger partial charge in [-0.2, -0.15) is 0 Å². The monoisotopic (exact) mass is 219 g/mol. The Morgan fingerprint density at radius 1 is 1.25 bits per heavy atom. The van der Waals surface area contributed by atoms with E-state index in [-0.39, 0.29) is 5.41 Å². The van der Waals surface area contributed by atoms with Crippen molar-refractivity contribution in [3.63, 3.8) is 0 Å². The Labute approximate surface area is 97.7 Å². The molecule has 1 unspecified atom stereocenters. The Hall–Kier alpha value is -0.890. The molecule has 1 aliphatic carbocycles. The molecule has 0 aromatic carbocycles. The molecule has 1 saturated carbocycles. The average Bonchev–Trinajstić information content (AvgIpc) is 2.14. The minimum absolute atomic E-state index is 0.174. The van der Waals surface area contributed by atoms with Gasteiger partial charge < -0.3 is 5.11 Å². The number of pyridine rings is 1. The summed E-state index contributed by atoms with van der Waals surface area (Å²) in [5, 5.41) is 11.1. The van der Waals surface area contributed by atoms with Crippen LogP contribution in [0.3, 0.4) is 0 Å². The van der Waals surface area contributed by atoms with Gasteiger partial charge in [0.1, 0.15) is 5.60 Å². The van der Waals surface area contributed by atoms with Gasteiger partial charge in [-0.15, -0.1) is 0 Å². The van der Waals surface area contributed by atoms with Crippen LogP contribution in [0.5, 0.6) is 0 Å². The maximum atomic E-state index is 11.1. The second-order valence-electron chi connectivity index (χ2n) is 5.86. The first kappa shape index (κ1) is 11.6. The van der Waals surface area contributed by atoms with Gasteiger partial charge in [0.2, 0.25) is 0 Å². The second kappa shape index (κ2) is 3.85. The summed E-state index contributed by atoms with van der Waals surface area (Å²) in [6.07, 6.45) is 5.23. The smallest absolute Gasteiger partial charge is 0.114 e. The molecule has 0 radical (unpaired) electrons. The predicted octanol–water partition coefficient (Wildman–Crippen LogP) is 3.12. The third-order valence-electron chi connectivity index (χ3n) is 3.89. The highest BCUT2D eigenvalue weighted by Crippen LogP contribution is 2.51. The van der Waals surface area contributed by atoms with E-state index in [1.807, 2.05) is 18.2 Å². The molecule has 2 heteroatoms. The van der Waals surface area contributed by atoms with E-state index in [1.165, 1.54) is 6.42 Å². The normalized spacial score (nSPS) is 21.2. The molecule has 1 atom stereocenters. The topological polar surface area (TPSA) is 33.1 Å². The summed E-state index contributed by atoms with van der Waals surface area (Å²) in [5.74, 6) is 0.363. The molecule has 1 aromatic rings. The number of rotatable bonds is 2. The summed E-state index contributed by atoms with van der Waals surface area (Å²) in [7, 11) is 0. The SMILES string of the molecule is CC(C)(C)C(O)(c1ccccn1)C1CCC1. The quantitative estimate of drug-likeness (QED) is 0.829. The molecule has 0 amide bonds. The summed E-state index contributed by atoms with van der Waals surface area (Å²) >= 11 is 0. The van der Waals surface area contributed by atoms with Gasteiger partial charge in [-0.1, -0.05) is 33.3 Å². The molecule has 1 N–H and O–H groups in total. The van der Waals surface area contributed by atoms with E-state index < -0.39 is 5.60 Å². The first-order valence-corrected chi connectivity index (χ1v) is 6.10. The van der Waals surface area contributed by atoms with Crippen LogP contribution in [-0.2, 0) is 5.60 Å². The Bertz CT molecular complexity index is 351. The van der Waals surface area contributed by atoms with Crippen LogP contribution in [0.1, 0.15) is 45.7 Å². The Balaban J connectivity index is 2.42. The predicted molar refractivity (Wildman–Crippen MR) is 64.9 cm³/mol. The van der Waals surface area contributed by atoms with Crippen molar-refractivity contribution in [2.24, 2.45) is 11.3 Å². The molecule has 1 heterocycles.